The highest BCUT2D eigenvalue weighted by Gasteiger charge is 2.05. The van der Waals surface area contributed by atoms with Gasteiger partial charge in [-0.1, -0.05) is 35.4 Å². The summed E-state index contributed by atoms with van der Waals surface area (Å²) >= 11 is 0. The molecule has 0 heterocycles. The van der Waals surface area contributed by atoms with Crippen LogP contribution in [0.1, 0.15) is 36.6 Å². The van der Waals surface area contributed by atoms with Gasteiger partial charge in [-0.25, -0.2) is 0 Å². The number of hydrogen-bond acceptors (Lipinski definition) is 1. The first-order chi connectivity index (χ1) is 6.50. The van der Waals surface area contributed by atoms with Crippen molar-refractivity contribution in [2.45, 2.75) is 33.7 Å². The first kappa shape index (κ1) is 11.0. The molecule has 76 valence electrons. The molecule has 2 N–H and O–H groups in total. The van der Waals surface area contributed by atoms with Crippen LogP contribution in [0.5, 0.6) is 0 Å². The molecule has 0 amide bonds. The summed E-state index contributed by atoms with van der Waals surface area (Å²) in [5.41, 5.74) is 11.1. The summed E-state index contributed by atoms with van der Waals surface area (Å²) in [6.07, 6.45) is 2.10. The molecule has 1 atom stereocenters. The molecule has 0 aliphatic rings. The fourth-order valence-corrected chi connectivity index (χ4v) is 1.57. The highest BCUT2D eigenvalue weighted by atomic mass is 14.6. The zero-order valence-electron chi connectivity index (χ0n) is 9.46. The normalized spacial score (nSPS) is 12.4. The molecular weight excluding hydrogens is 170 g/mol. The molecule has 1 aromatic rings. The van der Waals surface area contributed by atoms with Crippen LogP contribution in [0.2, 0.25) is 0 Å². The summed E-state index contributed by atoms with van der Waals surface area (Å²) in [5.74, 6) is 0. The molecule has 0 aliphatic heterocycles. The Morgan fingerprint density at radius 2 is 1.93 bits per heavy atom. The van der Waals surface area contributed by atoms with Crippen molar-refractivity contribution in [2.24, 2.45) is 5.73 Å². The van der Waals surface area contributed by atoms with E-state index in [0.717, 1.165) is 0 Å². The quantitative estimate of drug-likeness (QED) is 0.710. The minimum atomic E-state index is 0.0277. The largest absolute Gasteiger partial charge is 0.321 e. The summed E-state index contributed by atoms with van der Waals surface area (Å²) in [6, 6.07) is 6.44. The van der Waals surface area contributed by atoms with Crippen molar-refractivity contribution in [1.82, 2.24) is 0 Å². The van der Waals surface area contributed by atoms with Crippen molar-refractivity contribution in [3.05, 3.63) is 46.5 Å². The van der Waals surface area contributed by atoms with Crippen LogP contribution >= 0.6 is 0 Å². The predicted octanol–water partition coefficient (Wildman–Crippen LogP) is 3.27. The number of allylic oxidation sites excluding steroid dienone is 1. The SMILES string of the molecule is CC(C)=CC(N)c1cc(C)ccc1C. The maximum atomic E-state index is 6.09. The van der Waals surface area contributed by atoms with Crippen LogP contribution < -0.4 is 5.73 Å². The van der Waals surface area contributed by atoms with Crippen LogP contribution in [0.3, 0.4) is 0 Å². The fraction of sp³-hybridized carbons (Fsp3) is 0.385. The third kappa shape index (κ3) is 2.71. The molecule has 0 saturated heterocycles. The second-order valence-corrected chi connectivity index (χ2v) is 4.13. The van der Waals surface area contributed by atoms with Gasteiger partial charge in [0.05, 0.1) is 0 Å². The van der Waals surface area contributed by atoms with Gasteiger partial charge in [-0.3, -0.25) is 0 Å². The summed E-state index contributed by atoms with van der Waals surface area (Å²) in [4.78, 5) is 0. The standard InChI is InChI=1S/C13H19N/c1-9(2)7-13(14)12-8-10(3)5-6-11(12)4/h5-8,13H,14H2,1-4H3. The Labute approximate surface area is 86.6 Å². The minimum Gasteiger partial charge on any atom is -0.321 e. The second-order valence-electron chi connectivity index (χ2n) is 4.13. The summed E-state index contributed by atoms with van der Waals surface area (Å²) in [5, 5.41) is 0. The van der Waals surface area contributed by atoms with Crippen LogP contribution in [-0.4, -0.2) is 0 Å². The van der Waals surface area contributed by atoms with Gasteiger partial charge in [0.2, 0.25) is 0 Å². The van der Waals surface area contributed by atoms with E-state index in [9.17, 15) is 0 Å². The maximum Gasteiger partial charge on any atom is 0.0486 e. The number of hydrogen-bond donors (Lipinski definition) is 1. The Morgan fingerprint density at radius 3 is 2.50 bits per heavy atom. The van der Waals surface area contributed by atoms with Crippen molar-refractivity contribution < 1.29 is 0 Å². The molecule has 1 unspecified atom stereocenters. The lowest BCUT2D eigenvalue weighted by Gasteiger charge is -2.12. The summed E-state index contributed by atoms with van der Waals surface area (Å²) in [6.45, 7) is 8.35. The van der Waals surface area contributed by atoms with E-state index in [-0.39, 0.29) is 6.04 Å². The van der Waals surface area contributed by atoms with E-state index < -0.39 is 0 Å². The van der Waals surface area contributed by atoms with Crippen molar-refractivity contribution in [3.63, 3.8) is 0 Å². The van der Waals surface area contributed by atoms with E-state index >= 15 is 0 Å². The Morgan fingerprint density at radius 1 is 1.29 bits per heavy atom. The molecule has 0 aromatic heterocycles. The lowest BCUT2D eigenvalue weighted by atomic mass is 9.98. The lowest BCUT2D eigenvalue weighted by molar-refractivity contribution is 0.886. The molecule has 14 heavy (non-hydrogen) atoms. The topological polar surface area (TPSA) is 26.0 Å². The van der Waals surface area contributed by atoms with Crippen molar-refractivity contribution >= 4 is 0 Å². The number of benzene rings is 1. The van der Waals surface area contributed by atoms with E-state index in [2.05, 4.69) is 52.0 Å². The van der Waals surface area contributed by atoms with Crippen LogP contribution in [0.25, 0.3) is 0 Å². The van der Waals surface area contributed by atoms with E-state index in [4.69, 9.17) is 5.73 Å². The van der Waals surface area contributed by atoms with Crippen LogP contribution in [0, 0.1) is 13.8 Å². The van der Waals surface area contributed by atoms with E-state index in [1.165, 1.54) is 22.3 Å². The third-order valence-electron chi connectivity index (χ3n) is 2.31. The molecule has 1 aromatic carbocycles. The molecule has 0 saturated carbocycles. The van der Waals surface area contributed by atoms with E-state index in [0.29, 0.717) is 0 Å². The molecule has 1 nitrogen and oxygen atoms in total. The average molecular weight is 189 g/mol. The van der Waals surface area contributed by atoms with Crippen molar-refractivity contribution in [1.29, 1.82) is 0 Å². The molecule has 1 rings (SSSR count). The van der Waals surface area contributed by atoms with Crippen LogP contribution in [0.15, 0.2) is 29.8 Å². The molecule has 0 fully saturated rings. The number of rotatable bonds is 2. The Kier molecular flexibility index (Phi) is 3.48. The van der Waals surface area contributed by atoms with Gasteiger partial charge in [0, 0.05) is 6.04 Å². The monoisotopic (exact) mass is 189 g/mol. The average Bonchev–Trinajstić information content (AvgIpc) is 2.08. The molecule has 0 aliphatic carbocycles. The summed E-state index contributed by atoms with van der Waals surface area (Å²) < 4.78 is 0. The zero-order valence-corrected chi connectivity index (χ0v) is 9.46. The maximum absolute atomic E-state index is 6.09. The first-order valence-corrected chi connectivity index (χ1v) is 4.98. The Hall–Kier alpha value is -1.08. The Balaban J connectivity index is 3.05. The van der Waals surface area contributed by atoms with Gasteiger partial charge in [-0.05, 0) is 38.8 Å². The van der Waals surface area contributed by atoms with Crippen LogP contribution in [-0.2, 0) is 0 Å². The molecule has 0 bridgehead atoms. The van der Waals surface area contributed by atoms with E-state index in [1.807, 2.05) is 0 Å². The van der Waals surface area contributed by atoms with Crippen molar-refractivity contribution in [2.75, 3.05) is 0 Å². The van der Waals surface area contributed by atoms with Gasteiger partial charge in [0.15, 0.2) is 0 Å². The zero-order chi connectivity index (χ0) is 10.7. The van der Waals surface area contributed by atoms with Gasteiger partial charge in [-0.15, -0.1) is 0 Å². The highest BCUT2D eigenvalue weighted by Crippen LogP contribution is 2.19. The summed E-state index contributed by atoms with van der Waals surface area (Å²) in [7, 11) is 0. The van der Waals surface area contributed by atoms with Gasteiger partial charge >= 0.3 is 0 Å². The van der Waals surface area contributed by atoms with Gasteiger partial charge in [-0.2, -0.15) is 0 Å². The number of aryl methyl sites for hydroxylation is 2. The van der Waals surface area contributed by atoms with Gasteiger partial charge < -0.3 is 5.73 Å². The molecule has 0 radical (unpaired) electrons. The lowest BCUT2D eigenvalue weighted by Crippen LogP contribution is -2.09. The molecular formula is C13H19N. The number of nitrogens with two attached hydrogens (primary N) is 1. The minimum absolute atomic E-state index is 0.0277. The third-order valence-corrected chi connectivity index (χ3v) is 2.31. The highest BCUT2D eigenvalue weighted by molar-refractivity contribution is 5.35. The van der Waals surface area contributed by atoms with Crippen molar-refractivity contribution in [3.8, 4) is 0 Å². The molecule has 0 spiro atoms. The smallest absolute Gasteiger partial charge is 0.0486 e. The predicted molar refractivity (Wildman–Crippen MR) is 62.3 cm³/mol. The Bertz CT molecular complexity index is 346. The second kappa shape index (κ2) is 4.43. The van der Waals surface area contributed by atoms with E-state index in [1.54, 1.807) is 0 Å². The molecule has 1 heteroatoms. The first-order valence-electron chi connectivity index (χ1n) is 4.98. The van der Waals surface area contributed by atoms with Gasteiger partial charge in [0.25, 0.3) is 0 Å². The van der Waals surface area contributed by atoms with Gasteiger partial charge in [0.1, 0.15) is 0 Å². The van der Waals surface area contributed by atoms with Crippen LogP contribution in [0.4, 0.5) is 0 Å². The fourth-order valence-electron chi connectivity index (χ4n) is 1.57.